The fraction of sp³-hybridized carbons (Fsp3) is 0. The highest BCUT2D eigenvalue weighted by atomic mass is 79.9. The van der Waals surface area contributed by atoms with Crippen molar-refractivity contribution in [3.05, 3.63) is 64.5 Å². The molecule has 0 radical (unpaired) electrons. The summed E-state index contributed by atoms with van der Waals surface area (Å²) in [6, 6.07) is 13.5. The van der Waals surface area contributed by atoms with Crippen molar-refractivity contribution in [3.8, 4) is 0 Å². The van der Waals surface area contributed by atoms with Crippen LogP contribution in [0.5, 0.6) is 0 Å². The molecule has 3 nitrogen and oxygen atoms in total. The lowest BCUT2D eigenvalue weighted by molar-refractivity contribution is 0.102. The van der Waals surface area contributed by atoms with Crippen LogP contribution in [0.2, 0.25) is 0 Å². The maximum absolute atomic E-state index is 13.0. The second-order valence-corrected chi connectivity index (χ2v) is 5.20. The second-order valence-electron chi connectivity index (χ2n) is 4.35. The summed E-state index contributed by atoms with van der Waals surface area (Å²) in [4.78, 5) is 15.2. The summed E-state index contributed by atoms with van der Waals surface area (Å²) >= 11 is 3.22. The van der Waals surface area contributed by atoms with Gasteiger partial charge in [-0.3, -0.25) is 4.79 Å². The van der Waals surface area contributed by atoms with E-state index in [0.29, 0.717) is 15.9 Å². The molecular weight excluding hydrogens is 323 g/mol. The average Bonchev–Trinajstić information content (AvgIpc) is 2.86. The topological polar surface area (TPSA) is 44.9 Å². The monoisotopic (exact) mass is 332 g/mol. The van der Waals surface area contributed by atoms with Gasteiger partial charge in [0.05, 0.1) is 5.69 Å². The first-order valence-electron chi connectivity index (χ1n) is 5.97. The molecule has 5 heteroatoms. The van der Waals surface area contributed by atoms with Crippen molar-refractivity contribution in [2.24, 2.45) is 0 Å². The standard InChI is InChI=1S/C15H10BrFN2O/c16-11-8-10(17)5-6-13(11)19-15(20)14-7-9-3-1-2-4-12(9)18-14/h1-8,18H,(H,19,20). The molecule has 0 atom stereocenters. The maximum Gasteiger partial charge on any atom is 0.272 e. The molecule has 20 heavy (non-hydrogen) atoms. The number of aromatic amines is 1. The molecule has 1 amide bonds. The average molecular weight is 333 g/mol. The van der Waals surface area contributed by atoms with Crippen LogP contribution in [0.25, 0.3) is 10.9 Å². The largest absolute Gasteiger partial charge is 0.351 e. The Bertz CT molecular complexity index is 764. The van der Waals surface area contributed by atoms with Crippen molar-refractivity contribution in [2.75, 3.05) is 5.32 Å². The van der Waals surface area contributed by atoms with E-state index in [-0.39, 0.29) is 11.7 Å². The number of hydrogen-bond donors (Lipinski definition) is 2. The third kappa shape index (κ3) is 2.44. The van der Waals surface area contributed by atoms with E-state index in [4.69, 9.17) is 0 Å². The smallest absolute Gasteiger partial charge is 0.272 e. The quantitative estimate of drug-likeness (QED) is 0.721. The molecule has 0 unspecified atom stereocenters. The third-order valence-corrected chi connectivity index (χ3v) is 3.61. The lowest BCUT2D eigenvalue weighted by Gasteiger charge is -2.06. The SMILES string of the molecule is O=C(Nc1ccc(F)cc1Br)c1cc2ccccc2[nH]1. The van der Waals surface area contributed by atoms with E-state index >= 15 is 0 Å². The Morgan fingerprint density at radius 2 is 1.95 bits per heavy atom. The molecule has 2 aromatic carbocycles. The van der Waals surface area contributed by atoms with Gasteiger partial charge in [-0.05, 0) is 46.3 Å². The maximum atomic E-state index is 13.0. The number of nitrogens with one attached hydrogen (secondary N) is 2. The number of carbonyl (C=O) groups excluding carboxylic acids is 1. The first kappa shape index (κ1) is 12.9. The zero-order valence-corrected chi connectivity index (χ0v) is 11.9. The van der Waals surface area contributed by atoms with Gasteiger partial charge in [0.1, 0.15) is 11.5 Å². The number of carbonyl (C=O) groups is 1. The molecule has 0 bridgehead atoms. The number of hydrogen-bond acceptors (Lipinski definition) is 1. The van der Waals surface area contributed by atoms with E-state index in [9.17, 15) is 9.18 Å². The van der Waals surface area contributed by atoms with Crippen molar-refractivity contribution in [2.45, 2.75) is 0 Å². The van der Waals surface area contributed by atoms with Gasteiger partial charge in [-0.1, -0.05) is 18.2 Å². The molecule has 1 heterocycles. The van der Waals surface area contributed by atoms with Crippen LogP contribution < -0.4 is 5.32 Å². The molecular formula is C15H10BrFN2O. The third-order valence-electron chi connectivity index (χ3n) is 2.95. The Morgan fingerprint density at radius 3 is 2.70 bits per heavy atom. The zero-order valence-electron chi connectivity index (χ0n) is 10.3. The molecule has 100 valence electrons. The van der Waals surface area contributed by atoms with E-state index < -0.39 is 0 Å². The Hall–Kier alpha value is -2.14. The molecule has 0 aliphatic carbocycles. The lowest BCUT2D eigenvalue weighted by atomic mass is 10.2. The summed E-state index contributed by atoms with van der Waals surface area (Å²) in [5.41, 5.74) is 1.88. The highest BCUT2D eigenvalue weighted by Crippen LogP contribution is 2.24. The molecule has 0 saturated heterocycles. The zero-order chi connectivity index (χ0) is 14.1. The Morgan fingerprint density at radius 1 is 1.15 bits per heavy atom. The predicted octanol–water partition coefficient (Wildman–Crippen LogP) is 4.32. The highest BCUT2D eigenvalue weighted by Gasteiger charge is 2.11. The van der Waals surface area contributed by atoms with Crippen molar-refractivity contribution in [1.29, 1.82) is 0 Å². The second kappa shape index (κ2) is 5.09. The van der Waals surface area contributed by atoms with Gasteiger partial charge in [0, 0.05) is 15.4 Å². The van der Waals surface area contributed by atoms with Crippen molar-refractivity contribution >= 4 is 38.4 Å². The first-order valence-corrected chi connectivity index (χ1v) is 6.77. The van der Waals surface area contributed by atoms with Gasteiger partial charge in [-0.25, -0.2) is 4.39 Å². The summed E-state index contributed by atoms with van der Waals surface area (Å²) in [6.45, 7) is 0. The molecule has 0 saturated carbocycles. The molecule has 0 fully saturated rings. The van der Waals surface area contributed by atoms with Gasteiger partial charge >= 0.3 is 0 Å². The number of fused-ring (bicyclic) bond motifs is 1. The van der Waals surface area contributed by atoms with Gasteiger partial charge in [0.25, 0.3) is 5.91 Å². The first-order chi connectivity index (χ1) is 9.63. The van der Waals surface area contributed by atoms with E-state index in [1.807, 2.05) is 24.3 Å². The van der Waals surface area contributed by atoms with Crippen molar-refractivity contribution in [3.63, 3.8) is 0 Å². The normalized spacial score (nSPS) is 10.7. The fourth-order valence-electron chi connectivity index (χ4n) is 1.98. The molecule has 0 spiro atoms. The Kier molecular flexibility index (Phi) is 3.28. The number of halogens is 2. The van der Waals surface area contributed by atoms with Gasteiger partial charge in [-0.2, -0.15) is 0 Å². The predicted molar refractivity (Wildman–Crippen MR) is 80.4 cm³/mol. The van der Waals surface area contributed by atoms with E-state index in [2.05, 4.69) is 26.2 Å². The van der Waals surface area contributed by atoms with Crippen LogP contribution in [0.1, 0.15) is 10.5 Å². The van der Waals surface area contributed by atoms with E-state index in [0.717, 1.165) is 10.9 Å². The fourth-order valence-corrected chi connectivity index (χ4v) is 2.43. The minimum absolute atomic E-state index is 0.270. The summed E-state index contributed by atoms with van der Waals surface area (Å²) < 4.78 is 13.5. The molecule has 3 rings (SSSR count). The number of benzene rings is 2. The highest BCUT2D eigenvalue weighted by molar-refractivity contribution is 9.10. The Labute approximate surface area is 122 Å². The minimum Gasteiger partial charge on any atom is -0.351 e. The van der Waals surface area contributed by atoms with Crippen LogP contribution in [0.4, 0.5) is 10.1 Å². The summed E-state index contributed by atoms with van der Waals surface area (Å²) in [5, 5.41) is 3.70. The Balaban J connectivity index is 1.89. The molecule has 3 aromatic rings. The van der Waals surface area contributed by atoms with Crippen LogP contribution in [-0.2, 0) is 0 Å². The summed E-state index contributed by atoms with van der Waals surface area (Å²) in [7, 11) is 0. The van der Waals surface area contributed by atoms with E-state index in [1.165, 1.54) is 18.2 Å². The van der Waals surface area contributed by atoms with Crippen LogP contribution in [0.3, 0.4) is 0 Å². The van der Waals surface area contributed by atoms with Gasteiger partial charge in [-0.15, -0.1) is 0 Å². The lowest BCUT2D eigenvalue weighted by Crippen LogP contribution is -2.12. The number of para-hydroxylation sites is 1. The van der Waals surface area contributed by atoms with Crippen molar-refractivity contribution < 1.29 is 9.18 Å². The molecule has 0 aliphatic heterocycles. The number of rotatable bonds is 2. The van der Waals surface area contributed by atoms with Gasteiger partial charge in [0.15, 0.2) is 0 Å². The molecule has 0 aliphatic rings. The summed E-state index contributed by atoms with van der Waals surface area (Å²) in [6.07, 6.45) is 0. The minimum atomic E-state index is -0.361. The van der Waals surface area contributed by atoms with Crippen molar-refractivity contribution in [1.82, 2.24) is 4.98 Å². The number of H-pyrrole nitrogens is 1. The van der Waals surface area contributed by atoms with Gasteiger partial charge in [0.2, 0.25) is 0 Å². The van der Waals surface area contributed by atoms with Gasteiger partial charge < -0.3 is 10.3 Å². The number of anilines is 1. The van der Waals surface area contributed by atoms with Crippen LogP contribution in [0.15, 0.2) is 53.0 Å². The van der Waals surface area contributed by atoms with Crippen LogP contribution in [0, 0.1) is 5.82 Å². The van der Waals surface area contributed by atoms with Crippen LogP contribution >= 0.6 is 15.9 Å². The molecule has 2 N–H and O–H groups in total. The number of aromatic nitrogens is 1. The summed E-state index contributed by atoms with van der Waals surface area (Å²) in [5.74, 6) is -0.631. The molecule has 1 aromatic heterocycles. The number of amides is 1. The van der Waals surface area contributed by atoms with E-state index in [1.54, 1.807) is 6.07 Å². The van der Waals surface area contributed by atoms with Crippen LogP contribution in [-0.4, -0.2) is 10.9 Å².